The van der Waals surface area contributed by atoms with Crippen molar-refractivity contribution in [3.63, 3.8) is 0 Å². The summed E-state index contributed by atoms with van der Waals surface area (Å²) in [5.41, 5.74) is 0.593. The van der Waals surface area contributed by atoms with E-state index in [1.54, 1.807) is 46.8 Å². The lowest BCUT2D eigenvalue weighted by Gasteiger charge is -2.21. The van der Waals surface area contributed by atoms with Gasteiger partial charge in [0.15, 0.2) is 0 Å². The monoisotopic (exact) mass is 345 g/mol. The highest BCUT2D eigenvalue weighted by Gasteiger charge is 2.17. The Bertz CT molecular complexity index is 753. The molecule has 0 aliphatic rings. The van der Waals surface area contributed by atoms with Gasteiger partial charge in [-0.05, 0) is 48.2 Å². The van der Waals surface area contributed by atoms with E-state index in [0.29, 0.717) is 23.7 Å². The molecule has 0 radical (unpaired) electrons. The molecule has 118 valence electrons. The van der Waals surface area contributed by atoms with Gasteiger partial charge in [-0.25, -0.2) is 0 Å². The van der Waals surface area contributed by atoms with E-state index < -0.39 is 0 Å². The number of hydrogen-bond acceptors (Lipinski definition) is 3. The maximum absolute atomic E-state index is 12.8. The van der Waals surface area contributed by atoms with Gasteiger partial charge in [0.1, 0.15) is 5.76 Å². The highest BCUT2D eigenvalue weighted by Crippen LogP contribution is 2.17. The summed E-state index contributed by atoms with van der Waals surface area (Å²) in [6, 6.07) is 14.9. The van der Waals surface area contributed by atoms with E-state index in [2.05, 4.69) is 6.07 Å². The molecule has 0 aliphatic carbocycles. The van der Waals surface area contributed by atoms with Crippen molar-refractivity contribution in [1.29, 1.82) is 0 Å². The summed E-state index contributed by atoms with van der Waals surface area (Å²) in [5.74, 6) is 0.729. The normalized spacial score (nSPS) is 10.7. The molecular weight excluding hydrogens is 330 g/mol. The van der Waals surface area contributed by atoms with Crippen molar-refractivity contribution in [1.82, 2.24) is 4.90 Å². The minimum atomic E-state index is -0.0412. The average Bonchev–Trinajstić information content (AvgIpc) is 3.24. The lowest BCUT2D eigenvalue weighted by Crippen LogP contribution is -2.32. The third-order valence-corrected chi connectivity index (χ3v) is 4.67. The Balaban J connectivity index is 1.77. The van der Waals surface area contributed by atoms with Gasteiger partial charge in [0.2, 0.25) is 0 Å². The molecule has 1 aromatic carbocycles. The molecule has 0 unspecified atom stereocenters. The zero-order valence-electron chi connectivity index (χ0n) is 12.4. The van der Waals surface area contributed by atoms with Gasteiger partial charge >= 0.3 is 0 Å². The molecule has 0 saturated carbocycles. The van der Waals surface area contributed by atoms with Crippen LogP contribution in [0.15, 0.2) is 64.6 Å². The van der Waals surface area contributed by atoms with Crippen LogP contribution in [0.25, 0.3) is 0 Å². The van der Waals surface area contributed by atoms with Crippen LogP contribution < -0.4 is 0 Å². The fourth-order valence-electron chi connectivity index (χ4n) is 2.35. The van der Waals surface area contributed by atoms with E-state index in [1.165, 1.54) is 4.88 Å². The van der Waals surface area contributed by atoms with Crippen molar-refractivity contribution in [2.45, 2.75) is 13.0 Å². The number of rotatable bonds is 6. The Morgan fingerprint density at radius 3 is 2.78 bits per heavy atom. The molecule has 5 heteroatoms. The summed E-state index contributed by atoms with van der Waals surface area (Å²) in [5, 5.41) is 2.61. The van der Waals surface area contributed by atoms with Gasteiger partial charge in [-0.3, -0.25) is 4.79 Å². The van der Waals surface area contributed by atoms with Crippen molar-refractivity contribution in [2.75, 3.05) is 6.54 Å². The molecule has 3 aromatic rings. The highest BCUT2D eigenvalue weighted by atomic mass is 35.5. The first kappa shape index (κ1) is 15.8. The molecule has 0 saturated heterocycles. The average molecular weight is 346 g/mol. The Labute approximate surface area is 144 Å². The number of hydrogen-bond donors (Lipinski definition) is 0. The first-order valence-corrected chi connectivity index (χ1v) is 8.58. The first-order chi connectivity index (χ1) is 11.2. The molecule has 3 nitrogen and oxygen atoms in total. The van der Waals surface area contributed by atoms with Crippen LogP contribution in [0.5, 0.6) is 0 Å². The van der Waals surface area contributed by atoms with Gasteiger partial charge in [-0.15, -0.1) is 11.3 Å². The van der Waals surface area contributed by atoms with Gasteiger partial charge in [0.25, 0.3) is 5.91 Å². The van der Waals surface area contributed by atoms with Crippen molar-refractivity contribution in [2.24, 2.45) is 0 Å². The Morgan fingerprint density at radius 2 is 2.09 bits per heavy atom. The summed E-state index contributed by atoms with van der Waals surface area (Å²) in [6.45, 7) is 1.08. The maximum atomic E-state index is 12.8. The smallest absolute Gasteiger partial charge is 0.254 e. The number of carbonyl (C=O) groups is 1. The maximum Gasteiger partial charge on any atom is 0.254 e. The van der Waals surface area contributed by atoms with Crippen LogP contribution in [0.1, 0.15) is 21.0 Å². The number of furan rings is 1. The number of nitrogens with zero attached hydrogens (tertiary/aromatic N) is 1. The van der Waals surface area contributed by atoms with E-state index in [-0.39, 0.29) is 5.91 Å². The predicted octanol–water partition coefficient (Wildman–Crippen LogP) is 4.88. The lowest BCUT2D eigenvalue weighted by atomic mass is 10.2. The summed E-state index contributed by atoms with van der Waals surface area (Å²) < 4.78 is 5.39. The van der Waals surface area contributed by atoms with E-state index in [4.69, 9.17) is 16.0 Å². The summed E-state index contributed by atoms with van der Waals surface area (Å²) in [4.78, 5) is 15.9. The van der Waals surface area contributed by atoms with Crippen LogP contribution in [-0.4, -0.2) is 17.4 Å². The fraction of sp³-hybridized carbons (Fsp3) is 0.167. The van der Waals surface area contributed by atoms with E-state index in [9.17, 15) is 4.79 Å². The van der Waals surface area contributed by atoms with E-state index in [0.717, 1.165) is 12.2 Å². The second kappa shape index (κ2) is 7.49. The molecule has 0 N–H and O–H groups in total. The minimum absolute atomic E-state index is 0.0412. The van der Waals surface area contributed by atoms with Gasteiger partial charge in [0, 0.05) is 22.0 Å². The Hall–Kier alpha value is -2.04. The fourth-order valence-corrected chi connectivity index (χ4v) is 3.24. The molecule has 1 amide bonds. The molecule has 0 atom stereocenters. The second-order valence-electron chi connectivity index (χ2n) is 5.15. The number of thiophene rings is 1. The molecule has 0 spiro atoms. The molecular formula is C18H16ClNO2S. The van der Waals surface area contributed by atoms with Crippen molar-refractivity contribution < 1.29 is 9.21 Å². The number of amides is 1. The van der Waals surface area contributed by atoms with Crippen LogP contribution in [0.4, 0.5) is 0 Å². The zero-order chi connectivity index (χ0) is 16.1. The molecule has 0 aliphatic heterocycles. The van der Waals surface area contributed by atoms with Crippen LogP contribution in [0.2, 0.25) is 5.02 Å². The number of benzene rings is 1. The SMILES string of the molecule is O=C(c1cccc(Cl)c1)N(CCc1cccs1)Cc1ccco1. The Morgan fingerprint density at radius 1 is 1.17 bits per heavy atom. The third kappa shape index (κ3) is 4.24. The molecule has 2 heterocycles. The van der Waals surface area contributed by atoms with Crippen molar-refractivity contribution in [3.8, 4) is 0 Å². The Kier molecular flexibility index (Phi) is 5.16. The summed E-state index contributed by atoms with van der Waals surface area (Å²) in [7, 11) is 0. The van der Waals surface area contributed by atoms with E-state index >= 15 is 0 Å². The second-order valence-corrected chi connectivity index (χ2v) is 6.61. The van der Waals surface area contributed by atoms with Crippen LogP contribution in [-0.2, 0) is 13.0 Å². The molecule has 0 bridgehead atoms. The zero-order valence-corrected chi connectivity index (χ0v) is 14.0. The van der Waals surface area contributed by atoms with Crippen molar-refractivity contribution >= 4 is 28.8 Å². The van der Waals surface area contributed by atoms with Gasteiger partial charge in [-0.1, -0.05) is 23.7 Å². The number of carbonyl (C=O) groups excluding carboxylic acids is 1. The molecule has 3 rings (SSSR count). The number of halogens is 1. The van der Waals surface area contributed by atoms with Gasteiger partial charge < -0.3 is 9.32 Å². The molecule has 23 heavy (non-hydrogen) atoms. The molecule has 2 aromatic heterocycles. The quantitative estimate of drug-likeness (QED) is 0.638. The highest BCUT2D eigenvalue weighted by molar-refractivity contribution is 7.09. The first-order valence-electron chi connectivity index (χ1n) is 7.32. The minimum Gasteiger partial charge on any atom is -0.467 e. The van der Waals surface area contributed by atoms with Crippen LogP contribution in [0.3, 0.4) is 0 Å². The topological polar surface area (TPSA) is 33.5 Å². The van der Waals surface area contributed by atoms with Crippen LogP contribution in [0, 0.1) is 0 Å². The van der Waals surface area contributed by atoms with Crippen molar-refractivity contribution in [3.05, 3.63) is 81.4 Å². The summed E-state index contributed by atoms with van der Waals surface area (Å²) >= 11 is 7.71. The molecule has 0 fully saturated rings. The predicted molar refractivity (Wildman–Crippen MR) is 92.9 cm³/mol. The largest absolute Gasteiger partial charge is 0.467 e. The standard InChI is InChI=1S/C18H16ClNO2S/c19-15-5-1-4-14(12-15)18(21)20(13-16-6-2-10-22-16)9-8-17-7-3-11-23-17/h1-7,10-12H,8-9,13H2. The lowest BCUT2D eigenvalue weighted by molar-refractivity contribution is 0.0734. The van der Waals surface area contributed by atoms with Gasteiger partial charge in [-0.2, -0.15) is 0 Å². The summed E-state index contributed by atoms with van der Waals surface area (Å²) in [6.07, 6.45) is 2.45. The van der Waals surface area contributed by atoms with Crippen LogP contribution >= 0.6 is 22.9 Å². The van der Waals surface area contributed by atoms with Gasteiger partial charge in [0.05, 0.1) is 12.8 Å². The van der Waals surface area contributed by atoms with E-state index in [1.807, 2.05) is 23.6 Å². The third-order valence-electron chi connectivity index (χ3n) is 3.49.